The fourth-order valence-corrected chi connectivity index (χ4v) is 2.22. The number of anilines is 2. The van der Waals surface area contributed by atoms with E-state index in [0.717, 1.165) is 0 Å². The number of urea groups is 1. The third-order valence-corrected chi connectivity index (χ3v) is 3.36. The molecule has 0 aromatic heterocycles. The Kier molecular flexibility index (Phi) is 4.51. The summed E-state index contributed by atoms with van der Waals surface area (Å²) in [4.78, 5) is 23.4. The predicted molar refractivity (Wildman–Crippen MR) is 87.9 cm³/mol. The highest BCUT2D eigenvalue weighted by atomic mass is 16.6. The summed E-state index contributed by atoms with van der Waals surface area (Å²) in [5.41, 5.74) is 1.55. The number of carbonyl (C=O) groups is 2. The van der Waals surface area contributed by atoms with Crippen LogP contribution in [0.1, 0.15) is 10.4 Å². The summed E-state index contributed by atoms with van der Waals surface area (Å²) in [5, 5.41) is 5.39. The summed E-state index contributed by atoms with van der Waals surface area (Å²) in [7, 11) is 1.31. The second-order valence-electron chi connectivity index (χ2n) is 5.01. The molecule has 0 fully saturated rings. The van der Waals surface area contributed by atoms with E-state index in [4.69, 9.17) is 9.47 Å². The lowest BCUT2D eigenvalue weighted by atomic mass is 10.2. The highest BCUT2D eigenvalue weighted by Crippen LogP contribution is 2.32. The Bertz CT molecular complexity index is 758. The van der Waals surface area contributed by atoms with Crippen LogP contribution in [0.4, 0.5) is 16.2 Å². The van der Waals surface area contributed by atoms with Crippen LogP contribution in [0, 0.1) is 0 Å². The standard InChI is InChI=1S/C17H16N2O5/c1-22-16(20)11-2-4-12(5-3-11)18-17(21)19-13-6-7-14-15(10-13)24-9-8-23-14/h2-7,10H,8-9H2,1H3,(H2,18,19,21). The molecule has 0 unspecified atom stereocenters. The molecule has 1 aliphatic heterocycles. The number of hydrogen-bond donors (Lipinski definition) is 2. The largest absolute Gasteiger partial charge is 0.486 e. The third kappa shape index (κ3) is 3.57. The van der Waals surface area contributed by atoms with Gasteiger partial charge in [-0.3, -0.25) is 0 Å². The Morgan fingerprint density at radius 2 is 1.54 bits per heavy atom. The third-order valence-electron chi connectivity index (χ3n) is 3.36. The highest BCUT2D eigenvalue weighted by Gasteiger charge is 2.13. The molecular formula is C17H16N2O5. The minimum Gasteiger partial charge on any atom is -0.486 e. The number of rotatable bonds is 3. The number of methoxy groups -OCH3 is 1. The summed E-state index contributed by atoms with van der Waals surface area (Å²) in [6.07, 6.45) is 0. The van der Waals surface area contributed by atoms with Crippen LogP contribution in [-0.2, 0) is 4.74 Å². The number of nitrogens with one attached hydrogen (secondary N) is 2. The van der Waals surface area contributed by atoms with Gasteiger partial charge in [-0.15, -0.1) is 0 Å². The van der Waals surface area contributed by atoms with Crippen LogP contribution in [0.25, 0.3) is 0 Å². The highest BCUT2D eigenvalue weighted by molar-refractivity contribution is 6.00. The maximum atomic E-state index is 12.0. The number of fused-ring (bicyclic) bond motifs is 1. The van der Waals surface area contributed by atoms with Gasteiger partial charge in [0.1, 0.15) is 13.2 Å². The van der Waals surface area contributed by atoms with Gasteiger partial charge in [-0.05, 0) is 36.4 Å². The summed E-state index contributed by atoms with van der Waals surface area (Å²) in [5.74, 6) is 0.828. The lowest BCUT2D eigenvalue weighted by Crippen LogP contribution is -2.20. The molecular weight excluding hydrogens is 312 g/mol. The second kappa shape index (κ2) is 6.91. The molecule has 2 aromatic rings. The van der Waals surface area contributed by atoms with Crippen molar-refractivity contribution in [2.24, 2.45) is 0 Å². The molecule has 0 saturated carbocycles. The summed E-state index contributed by atoms with van der Waals surface area (Å²) < 4.78 is 15.5. The molecule has 2 aromatic carbocycles. The first-order valence-corrected chi connectivity index (χ1v) is 7.32. The van der Waals surface area contributed by atoms with E-state index < -0.39 is 12.0 Å². The first kappa shape index (κ1) is 15.7. The monoisotopic (exact) mass is 328 g/mol. The van der Waals surface area contributed by atoms with E-state index in [1.807, 2.05) is 0 Å². The summed E-state index contributed by atoms with van der Waals surface area (Å²) >= 11 is 0. The normalized spacial score (nSPS) is 12.2. The molecule has 0 bridgehead atoms. The van der Waals surface area contributed by atoms with Crippen molar-refractivity contribution >= 4 is 23.4 Å². The number of carbonyl (C=O) groups excluding carboxylic acids is 2. The SMILES string of the molecule is COC(=O)c1ccc(NC(=O)Nc2ccc3c(c2)OCCO3)cc1. The molecule has 0 radical (unpaired) electrons. The maximum Gasteiger partial charge on any atom is 0.337 e. The van der Waals surface area contributed by atoms with Crippen molar-refractivity contribution in [1.82, 2.24) is 0 Å². The fourth-order valence-electron chi connectivity index (χ4n) is 2.22. The molecule has 7 heteroatoms. The van der Waals surface area contributed by atoms with Crippen LogP contribution in [-0.4, -0.2) is 32.3 Å². The van der Waals surface area contributed by atoms with Gasteiger partial charge in [-0.2, -0.15) is 0 Å². The van der Waals surface area contributed by atoms with E-state index in [0.29, 0.717) is 41.7 Å². The van der Waals surface area contributed by atoms with Gasteiger partial charge in [-0.1, -0.05) is 0 Å². The van der Waals surface area contributed by atoms with Crippen LogP contribution in [0.15, 0.2) is 42.5 Å². The summed E-state index contributed by atoms with van der Waals surface area (Å²) in [6.45, 7) is 0.997. The van der Waals surface area contributed by atoms with Gasteiger partial charge in [0.25, 0.3) is 0 Å². The number of esters is 1. The van der Waals surface area contributed by atoms with Gasteiger partial charge in [0.15, 0.2) is 11.5 Å². The van der Waals surface area contributed by atoms with E-state index in [9.17, 15) is 9.59 Å². The topological polar surface area (TPSA) is 85.9 Å². The Morgan fingerprint density at radius 3 is 2.25 bits per heavy atom. The quantitative estimate of drug-likeness (QED) is 0.846. The van der Waals surface area contributed by atoms with Crippen LogP contribution < -0.4 is 20.1 Å². The number of amides is 2. The second-order valence-corrected chi connectivity index (χ2v) is 5.01. The molecule has 0 aliphatic carbocycles. The average molecular weight is 328 g/mol. The Balaban J connectivity index is 1.62. The molecule has 1 aliphatic rings. The van der Waals surface area contributed by atoms with Gasteiger partial charge >= 0.3 is 12.0 Å². The molecule has 2 amide bonds. The van der Waals surface area contributed by atoms with Crippen LogP contribution in [0.3, 0.4) is 0 Å². The zero-order valence-corrected chi connectivity index (χ0v) is 13.0. The minimum absolute atomic E-state index is 0.405. The lowest BCUT2D eigenvalue weighted by molar-refractivity contribution is 0.0601. The van der Waals surface area contributed by atoms with Crippen molar-refractivity contribution in [2.45, 2.75) is 0 Å². The predicted octanol–water partition coefficient (Wildman–Crippen LogP) is 2.89. The van der Waals surface area contributed by atoms with Crippen molar-refractivity contribution in [2.75, 3.05) is 31.0 Å². The van der Waals surface area contributed by atoms with Crippen LogP contribution in [0.2, 0.25) is 0 Å². The Labute approximate surface area is 138 Å². The van der Waals surface area contributed by atoms with E-state index in [-0.39, 0.29) is 0 Å². The van der Waals surface area contributed by atoms with Crippen molar-refractivity contribution in [1.29, 1.82) is 0 Å². The number of ether oxygens (including phenoxy) is 3. The van der Waals surface area contributed by atoms with E-state index in [1.165, 1.54) is 7.11 Å². The van der Waals surface area contributed by atoms with Crippen LogP contribution >= 0.6 is 0 Å². The van der Waals surface area contributed by atoms with Gasteiger partial charge < -0.3 is 24.8 Å². The minimum atomic E-state index is -0.428. The molecule has 124 valence electrons. The van der Waals surface area contributed by atoms with Gasteiger partial charge in [0, 0.05) is 17.4 Å². The molecule has 0 saturated heterocycles. The number of hydrogen-bond acceptors (Lipinski definition) is 5. The lowest BCUT2D eigenvalue weighted by Gasteiger charge is -2.19. The molecule has 24 heavy (non-hydrogen) atoms. The molecule has 7 nitrogen and oxygen atoms in total. The smallest absolute Gasteiger partial charge is 0.337 e. The van der Waals surface area contributed by atoms with E-state index in [2.05, 4.69) is 15.4 Å². The zero-order valence-electron chi connectivity index (χ0n) is 13.0. The molecule has 2 N–H and O–H groups in total. The molecule has 3 rings (SSSR count). The Morgan fingerprint density at radius 1 is 0.917 bits per heavy atom. The van der Waals surface area contributed by atoms with Crippen LogP contribution in [0.5, 0.6) is 11.5 Å². The maximum absolute atomic E-state index is 12.0. The van der Waals surface area contributed by atoms with Crippen molar-refractivity contribution in [3.8, 4) is 11.5 Å². The average Bonchev–Trinajstić information content (AvgIpc) is 2.61. The number of benzene rings is 2. The van der Waals surface area contributed by atoms with Gasteiger partial charge in [0.05, 0.1) is 12.7 Å². The molecule has 0 atom stereocenters. The van der Waals surface area contributed by atoms with Crippen molar-refractivity contribution in [3.63, 3.8) is 0 Å². The van der Waals surface area contributed by atoms with Crippen molar-refractivity contribution < 1.29 is 23.8 Å². The first-order chi connectivity index (χ1) is 11.7. The molecule has 1 heterocycles. The van der Waals surface area contributed by atoms with Gasteiger partial charge in [0.2, 0.25) is 0 Å². The fraction of sp³-hybridized carbons (Fsp3) is 0.176. The van der Waals surface area contributed by atoms with Gasteiger partial charge in [-0.25, -0.2) is 9.59 Å². The van der Waals surface area contributed by atoms with E-state index in [1.54, 1.807) is 42.5 Å². The Hall–Kier alpha value is -3.22. The zero-order chi connectivity index (χ0) is 16.9. The summed E-state index contributed by atoms with van der Waals surface area (Å²) in [6, 6.07) is 11.2. The first-order valence-electron chi connectivity index (χ1n) is 7.32. The van der Waals surface area contributed by atoms with E-state index >= 15 is 0 Å². The molecule has 0 spiro atoms. The van der Waals surface area contributed by atoms with Crippen molar-refractivity contribution in [3.05, 3.63) is 48.0 Å².